The molecule has 100 valence electrons. The molecule has 4 nitrogen and oxygen atoms in total. The highest BCUT2D eigenvalue weighted by Crippen LogP contribution is 2.34. The molecule has 20 heavy (non-hydrogen) atoms. The van der Waals surface area contributed by atoms with Crippen LogP contribution in [0, 0.1) is 6.92 Å². The lowest BCUT2D eigenvalue weighted by Crippen LogP contribution is -1.97. The number of nitrogens with two attached hydrogens (primary N) is 1. The Kier molecular flexibility index (Phi) is 3.28. The zero-order valence-electron chi connectivity index (χ0n) is 10.8. The first kappa shape index (κ1) is 12.9. The summed E-state index contributed by atoms with van der Waals surface area (Å²) in [5.41, 5.74) is 8.15. The summed E-state index contributed by atoms with van der Waals surface area (Å²) in [5, 5.41) is 1.02. The van der Waals surface area contributed by atoms with Crippen LogP contribution < -0.4 is 10.5 Å². The highest BCUT2D eigenvalue weighted by molar-refractivity contribution is 9.10. The number of fused-ring (bicyclic) bond motifs is 1. The number of halogens is 1. The van der Waals surface area contributed by atoms with Gasteiger partial charge in [0.25, 0.3) is 0 Å². The molecule has 0 saturated heterocycles. The summed E-state index contributed by atoms with van der Waals surface area (Å²) < 4.78 is 6.64. The average Bonchev–Trinajstić information content (AvgIpc) is 2.48. The van der Waals surface area contributed by atoms with Gasteiger partial charge in [0.15, 0.2) is 5.75 Å². The van der Waals surface area contributed by atoms with Gasteiger partial charge in [-0.15, -0.1) is 0 Å². The Morgan fingerprint density at radius 1 is 1.15 bits per heavy atom. The molecular weight excluding hydrogens is 318 g/mol. The van der Waals surface area contributed by atoms with E-state index in [0.29, 0.717) is 17.3 Å². The second-order valence-corrected chi connectivity index (χ2v) is 5.18. The first-order chi connectivity index (χ1) is 9.66. The number of ether oxygens (including phenoxy) is 1. The fourth-order valence-electron chi connectivity index (χ4n) is 1.90. The Morgan fingerprint density at radius 2 is 1.95 bits per heavy atom. The van der Waals surface area contributed by atoms with Crippen molar-refractivity contribution in [3.8, 4) is 11.6 Å². The minimum atomic E-state index is 0.481. The molecule has 2 heterocycles. The van der Waals surface area contributed by atoms with Crippen LogP contribution in [0.4, 0.5) is 5.69 Å². The maximum Gasteiger partial charge on any atom is 0.234 e. The van der Waals surface area contributed by atoms with Crippen molar-refractivity contribution < 1.29 is 4.74 Å². The van der Waals surface area contributed by atoms with Crippen molar-refractivity contribution in [1.29, 1.82) is 0 Å². The molecule has 5 heteroatoms. The molecule has 2 N–H and O–H groups in total. The van der Waals surface area contributed by atoms with Gasteiger partial charge in [-0.05, 0) is 40.5 Å². The molecule has 0 atom stereocenters. The number of anilines is 1. The number of pyridine rings is 2. The van der Waals surface area contributed by atoms with E-state index >= 15 is 0 Å². The quantitative estimate of drug-likeness (QED) is 0.769. The van der Waals surface area contributed by atoms with Gasteiger partial charge < -0.3 is 10.5 Å². The Bertz CT molecular complexity index is 784. The van der Waals surface area contributed by atoms with Crippen molar-refractivity contribution in [2.75, 3.05) is 5.73 Å². The van der Waals surface area contributed by atoms with Crippen LogP contribution >= 0.6 is 15.9 Å². The Morgan fingerprint density at radius 3 is 2.80 bits per heavy atom. The van der Waals surface area contributed by atoms with E-state index in [1.807, 2.05) is 37.3 Å². The zero-order chi connectivity index (χ0) is 14.1. The van der Waals surface area contributed by atoms with Crippen molar-refractivity contribution in [1.82, 2.24) is 9.97 Å². The van der Waals surface area contributed by atoms with Crippen LogP contribution in [0.25, 0.3) is 10.9 Å². The number of rotatable bonds is 2. The molecule has 0 aliphatic heterocycles. The molecule has 0 amide bonds. The third-order valence-electron chi connectivity index (χ3n) is 3.07. The Hall–Kier alpha value is -2.14. The lowest BCUT2D eigenvalue weighted by Gasteiger charge is -2.11. The molecule has 0 bridgehead atoms. The SMILES string of the molecule is Cc1c(N)cnc(Oc2cccc3cccnc23)c1Br. The van der Waals surface area contributed by atoms with Crippen LogP contribution in [0.5, 0.6) is 11.6 Å². The summed E-state index contributed by atoms with van der Waals surface area (Å²) in [6.45, 7) is 1.91. The second kappa shape index (κ2) is 5.09. The smallest absolute Gasteiger partial charge is 0.234 e. The summed E-state index contributed by atoms with van der Waals surface area (Å²) in [6, 6.07) is 9.68. The molecule has 0 unspecified atom stereocenters. The van der Waals surface area contributed by atoms with Crippen LogP contribution in [-0.4, -0.2) is 9.97 Å². The largest absolute Gasteiger partial charge is 0.436 e. The zero-order valence-corrected chi connectivity index (χ0v) is 12.4. The minimum Gasteiger partial charge on any atom is -0.436 e. The Balaban J connectivity index is 2.08. The van der Waals surface area contributed by atoms with E-state index < -0.39 is 0 Å². The highest BCUT2D eigenvalue weighted by Gasteiger charge is 2.11. The monoisotopic (exact) mass is 329 g/mol. The van der Waals surface area contributed by atoms with E-state index in [1.165, 1.54) is 0 Å². The van der Waals surface area contributed by atoms with Gasteiger partial charge in [0.2, 0.25) is 5.88 Å². The van der Waals surface area contributed by atoms with E-state index in [4.69, 9.17) is 10.5 Å². The number of hydrogen-bond donors (Lipinski definition) is 1. The normalized spacial score (nSPS) is 10.7. The first-order valence-electron chi connectivity index (χ1n) is 6.09. The van der Waals surface area contributed by atoms with Gasteiger partial charge >= 0.3 is 0 Å². The van der Waals surface area contributed by atoms with Crippen LogP contribution in [0.2, 0.25) is 0 Å². The molecule has 0 aliphatic carbocycles. The van der Waals surface area contributed by atoms with Gasteiger partial charge in [0, 0.05) is 11.6 Å². The molecule has 1 aromatic carbocycles. The first-order valence-corrected chi connectivity index (χ1v) is 6.88. The van der Waals surface area contributed by atoms with Crippen molar-refractivity contribution in [3.05, 3.63) is 52.8 Å². The summed E-state index contributed by atoms with van der Waals surface area (Å²) >= 11 is 3.46. The third-order valence-corrected chi connectivity index (χ3v) is 4.01. The molecule has 2 aromatic heterocycles. The fourth-order valence-corrected chi connectivity index (χ4v) is 2.31. The summed E-state index contributed by atoms with van der Waals surface area (Å²) in [5.74, 6) is 1.15. The van der Waals surface area contributed by atoms with Crippen molar-refractivity contribution in [2.24, 2.45) is 0 Å². The lowest BCUT2D eigenvalue weighted by atomic mass is 10.2. The van der Waals surface area contributed by atoms with Crippen molar-refractivity contribution in [3.63, 3.8) is 0 Å². The Labute approximate surface area is 124 Å². The van der Waals surface area contributed by atoms with E-state index in [2.05, 4.69) is 25.9 Å². The van der Waals surface area contributed by atoms with Gasteiger partial charge in [-0.2, -0.15) is 0 Å². The predicted octanol–water partition coefficient (Wildman–Crippen LogP) is 4.08. The second-order valence-electron chi connectivity index (χ2n) is 4.39. The maximum atomic E-state index is 5.88. The number of hydrogen-bond acceptors (Lipinski definition) is 4. The molecular formula is C15H12BrN3O. The van der Waals surface area contributed by atoms with Gasteiger partial charge in [-0.3, -0.25) is 4.98 Å². The summed E-state index contributed by atoms with van der Waals surface area (Å²) in [4.78, 5) is 8.57. The number of nitrogen functional groups attached to an aromatic ring is 1. The minimum absolute atomic E-state index is 0.481. The van der Waals surface area contributed by atoms with Crippen LogP contribution in [-0.2, 0) is 0 Å². The van der Waals surface area contributed by atoms with Gasteiger partial charge in [-0.25, -0.2) is 4.98 Å². The van der Waals surface area contributed by atoms with Crippen LogP contribution in [0.1, 0.15) is 5.56 Å². The van der Waals surface area contributed by atoms with Crippen molar-refractivity contribution >= 4 is 32.5 Å². The number of benzene rings is 1. The van der Waals surface area contributed by atoms with Gasteiger partial charge in [-0.1, -0.05) is 18.2 Å². The fraction of sp³-hybridized carbons (Fsp3) is 0.0667. The molecule has 0 fully saturated rings. The van der Waals surface area contributed by atoms with E-state index in [-0.39, 0.29) is 0 Å². The number of aromatic nitrogens is 2. The summed E-state index contributed by atoms with van der Waals surface area (Å²) in [6.07, 6.45) is 3.33. The lowest BCUT2D eigenvalue weighted by molar-refractivity contribution is 0.463. The molecule has 0 saturated carbocycles. The van der Waals surface area contributed by atoms with Crippen molar-refractivity contribution in [2.45, 2.75) is 6.92 Å². The van der Waals surface area contributed by atoms with Crippen LogP contribution in [0.3, 0.4) is 0 Å². The third kappa shape index (κ3) is 2.20. The highest BCUT2D eigenvalue weighted by atomic mass is 79.9. The molecule has 0 aliphatic rings. The van der Waals surface area contributed by atoms with E-state index in [9.17, 15) is 0 Å². The molecule has 0 radical (unpaired) electrons. The average molecular weight is 330 g/mol. The number of para-hydroxylation sites is 1. The topological polar surface area (TPSA) is 61.0 Å². The molecule has 3 rings (SSSR count). The van der Waals surface area contributed by atoms with Gasteiger partial charge in [0.1, 0.15) is 5.52 Å². The van der Waals surface area contributed by atoms with E-state index in [1.54, 1.807) is 12.4 Å². The predicted molar refractivity (Wildman–Crippen MR) is 82.9 cm³/mol. The summed E-state index contributed by atoms with van der Waals surface area (Å²) in [7, 11) is 0. The molecule has 3 aromatic rings. The number of nitrogens with zero attached hydrogens (tertiary/aromatic N) is 2. The van der Waals surface area contributed by atoms with Crippen LogP contribution in [0.15, 0.2) is 47.2 Å². The maximum absolute atomic E-state index is 5.88. The van der Waals surface area contributed by atoms with Gasteiger partial charge in [0.05, 0.1) is 16.4 Å². The van der Waals surface area contributed by atoms with E-state index in [0.717, 1.165) is 20.9 Å². The molecule has 0 spiro atoms. The standard InChI is InChI=1S/C15H12BrN3O/c1-9-11(17)8-19-15(13(9)16)20-12-6-2-4-10-5-3-7-18-14(10)12/h2-8H,17H2,1H3.